The lowest BCUT2D eigenvalue weighted by Crippen LogP contribution is -2.29. The lowest BCUT2D eigenvalue weighted by Gasteiger charge is -2.08. The molecular weight excluding hydrogens is 396 g/mol. The minimum absolute atomic E-state index is 0.0496. The van der Waals surface area contributed by atoms with Crippen LogP contribution in [0.5, 0.6) is 0 Å². The molecule has 0 aromatic rings. The lowest BCUT2D eigenvalue weighted by molar-refractivity contribution is -0.139. The van der Waals surface area contributed by atoms with Crippen LogP contribution in [0.1, 0.15) is 39.5 Å². The van der Waals surface area contributed by atoms with Crippen LogP contribution < -0.4 is 10.6 Å². The summed E-state index contributed by atoms with van der Waals surface area (Å²) in [5.41, 5.74) is 0.593. The van der Waals surface area contributed by atoms with Crippen LogP contribution in [0.4, 0.5) is 9.59 Å². The Bertz CT molecular complexity index is 552. The molecule has 0 aliphatic carbocycles. The van der Waals surface area contributed by atoms with Gasteiger partial charge in [0.1, 0.15) is 13.2 Å². The minimum Gasteiger partial charge on any atom is -0.460 e. The van der Waals surface area contributed by atoms with E-state index in [9.17, 15) is 19.2 Å². The van der Waals surface area contributed by atoms with Crippen LogP contribution in [-0.4, -0.2) is 63.6 Å². The first kappa shape index (κ1) is 27.0. The molecule has 2 amide bonds. The third-order valence-electron chi connectivity index (χ3n) is 3.41. The zero-order valence-corrected chi connectivity index (χ0v) is 17.8. The van der Waals surface area contributed by atoms with Crippen molar-refractivity contribution in [3.63, 3.8) is 0 Å². The summed E-state index contributed by atoms with van der Waals surface area (Å²) >= 11 is 0. The van der Waals surface area contributed by atoms with E-state index in [-0.39, 0.29) is 39.5 Å². The van der Waals surface area contributed by atoms with Crippen LogP contribution in [0.3, 0.4) is 0 Å². The number of hydrogen-bond donors (Lipinski definition) is 2. The second kappa shape index (κ2) is 16.9. The van der Waals surface area contributed by atoms with Gasteiger partial charge in [0.25, 0.3) is 0 Å². The molecule has 0 radical (unpaired) electrons. The molecule has 0 atom stereocenters. The Hall–Kier alpha value is -3.04. The minimum atomic E-state index is -0.574. The molecule has 0 spiro atoms. The molecule has 0 aliphatic rings. The Balaban J connectivity index is 3.44. The number of nitrogens with one attached hydrogen (secondary N) is 2. The number of unbranched alkanes of at least 4 members (excludes halogenated alkanes) is 3. The summed E-state index contributed by atoms with van der Waals surface area (Å²) in [7, 11) is 0. The summed E-state index contributed by atoms with van der Waals surface area (Å²) in [6.07, 6.45) is 1.83. The first-order chi connectivity index (χ1) is 14.2. The van der Waals surface area contributed by atoms with Gasteiger partial charge >= 0.3 is 24.1 Å². The van der Waals surface area contributed by atoms with Gasteiger partial charge in [-0.3, -0.25) is 0 Å². The second-order valence-corrected chi connectivity index (χ2v) is 6.37. The summed E-state index contributed by atoms with van der Waals surface area (Å²) in [5.74, 6) is -1.01. The standard InChI is InChI=1S/C20H32N2O8/c1-15(2)17(23)27-13-9-21-19(25)29-11-7-5-6-8-12-30-20(26)22-10-14-28-18(24)16(3)4/h1,3,5-14H2,2,4H3,(H,21,25)(H,22,26). The van der Waals surface area contributed by atoms with Crippen LogP contribution in [0.2, 0.25) is 0 Å². The zero-order valence-electron chi connectivity index (χ0n) is 17.8. The molecule has 0 saturated heterocycles. The molecule has 0 fully saturated rings. The maximum absolute atomic E-state index is 11.4. The molecule has 0 unspecified atom stereocenters. The quantitative estimate of drug-likeness (QED) is 0.176. The summed E-state index contributed by atoms with van der Waals surface area (Å²) < 4.78 is 19.6. The molecule has 0 rings (SSSR count). The van der Waals surface area contributed by atoms with Gasteiger partial charge in [-0.15, -0.1) is 0 Å². The normalized spacial score (nSPS) is 9.80. The first-order valence-electron chi connectivity index (χ1n) is 9.70. The highest BCUT2D eigenvalue weighted by Crippen LogP contribution is 2.01. The largest absolute Gasteiger partial charge is 0.460 e. The molecule has 0 heterocycles. The van der Waals surface area contributed by atoms with Gasteiger partial charge in [-0.1, -0.05) is 13.2 Å². The molecule has 0 aromatic carbocycles. The van der Waals surface area contributed by atoms with E-state index in [0.717, 1.165) is 12.8 Å². The Labute approximate surface area is 176 Å². The van der Waals surface area contributed by atoms with E-state index >= 15 is 0 Å². The fourth-order valence-electron chi connectivity index (χ4n) is 1.83. The highest BCUT2D eigenvalue weighted by molar-refractivity contribution is 5.87. The van der Waals surface area contributed by atoms with Crippen molar-refractivity contribution in [2.75, 3.05) is 39.5 Å². The third-order valence-corrected chi connectivity index (χ3v) is 3.41. The smallest absolute Gasteiger partial charge is 0.407 e. The van der Waals surface area contributed by atoms with E-state index in [0.29, 0.717) is 24.0 Å². The van der Waals surface area contributed by atoms with Crippen molar-refractivity contribution < 1.29 is 38.1 Å². The van der Waals surface area contributed by atoms with Crippen molar-refractivity contribution in [1.29, 1.82) is 0 Å². The van der Waals surface area contributed by atoms with Crippen LogP contribution >= 0.6 is 0 Å². The van der Waals surface area contributed by atoms with Gasteiger partial charge in [-0.2, -0.15) is 0 Å². The van der Waals surface area contributed by atoms with E-state index in [1.807, 2.05) is 0 Å². The summed E-state index contributed by atoms with van der Waals surface area (Å²) in [4.78, 5) is 45.1. The van der Waals surface area contributed by atoms with Gasteiger partial charge < -0.3 is 29.6 Å². The number of alkyl carbamates (subject to hydrolysis) is 2. The molecule has 0 aliphatic heterocycles. The first-order valence-corrected chi connectivity index (χ1v) is 9.70. The summed E-state index contributed by atoms with van der Waals surface area (Å²) in [5, 5.41) is 4.94. The average Bonchev–Trinajstić information content (AvgIpc) is 2.69. The molecule has 0 aromatic heterocycles. The van der Waals surface area contributed by atoms with Gasteiger partial charge in [-0.05, 0) is 39.5 Å². The SMILES string of the molecule is C=C(C)C(=O)OCCNC(=O)OCCCCCCOC(=O)NCCOC(=O)C(=C)C. The maximum Gasteiger partial charge on any atom is 0.407 e. The van der Waals surface area contributed by atoms with Crippen molar-refractivity contribution in [3.8, 4) is 0 Å². The Morgan fingerprint density at radius 2 is 0.967 bits per heavy atom. The van der Waals surface area contributed by atoms with Crippen LogP contribution in [-0.2, 0) is 28.5 Å². The van der Waals surface area contributed by atoms with E-state index in [1.165, 1.54) is 13.8 Å². The number of amides is 2. The molecule has 0 bridgehead atoms. The molecule has 10 nitrogen and oxygen atoms in total. The molecule has 30 heavy (non-hydrogen) atoms. The van der Waals surface area contributed by atoms with E-state index < -0.39 is 24.1 Å². The predicted molar refractivity (Wildman–Crippen MR) is 109 cm³/mol. The number of hydrogen-bond acceptors (Lipinski definition) is 8. The van der Waals surface area contributed by atoms with Gasteiger partial charge in [-0.25, -0.2) is 19.2 Å². The molecule has 170 valence electrons. The monoisotopic (exact) mass is 428 g/mol. The van der Waals surface area contributed by atoms with Crippen LogP contribution in [0, 0.1) is 0 Å². The summed E-state index contributed by atoms with van der Waals surface area (Å²) in [6, 6.07) is 0. The van der Waals surface area contributed by atoms with Crippen molar-refractivity contribution in [1.82, 2.24) is 10.6 Å². The predicted octanol–water partition coefficient (Wildman–Crippen LogP) is 2.24. The number of carbonyl (C=O) groups excluding carboxylic acids is 4. The highest BCUT2D eigenvalue weighted by atomic mass is 16.6. The lowest BCUT2D eigenvalue weighted by atomic mass is 10.2. The van der Waals surface area contributed by atoms with Crippen molar-refractivity contribution in [2.45, 2.75) is 39.5 Å². The fraction of sp³-hybridized carbons (Fsp3) is 0.600. The molecular formula is C20H32N2O8. The van der Waals surface area contributed by atoms with E-state index in [2.05, 4.69) is 23.8 Å². The van der Waals surface area contributed by atoms with Gasteiger partial charge in [0.05, 0.1) is 26.3 Å². The maximum atomic E-state index is 11.4. The second-order valence-electron chi connectivity index (χ2n) is 6.37. The number of ether oxygens (including phenoxy) is 4. The number of esters is 2. The van der Waals surface area contributed by atoms with E-state index in [4.69, 9.17) is 18.9 Å². The van der Waals surface area contributed by atoms with Crippen LogP contribution in [0.25, 0.3) is 0 Å². The third kappa shape index (κ3) is 16.0. The van der Waals surface area contributed by atoms with Crippen molar-refractivity contribution in [2.24, 2.45) is 0 Å². The Morgan fingerprint density at radius 3 is 1.30 bits per heavy atom. The van der Waals surface area contributed by atoms with Crippen molar-refractivity contribution >= 4 is 24.1 Å². The fourth-order valence-corrected chi connectivity index (χ4v) is 1.83. The Kier molecular flexibility index (Phi) is 15.2. The highest BCUT2D eigenvalue weighted by Gasteiger charge is 2.06. The molecule has 10 heteroatoms. The number of carbonyl (C=O) groups is 4. The summed E-state index contributed by atoms with van der Waals surface area (Å²) in [6.45, 7) is 10.9. The van der Waals surface area contributed by atoms with E-state index in [1.54, 1.807) is 0 Å². The van der Waals surface area contributed by atoms with Gasteiger partial charge in [0, 0.05) is 11.1 Å². The number of rotatable bonds is 15. The molecule has 0 saturated carbocycles. The van der Waals surface area contributed by atoms with Crippen LogP contribution in [0.15, 0.2) is 24.3 Å². The van der Waals surface area contributed by atoms with Gasteiger partial charge in [0.15, 0.2) is 0 Å². The van der Waals surface area contributed by atoms with Gasteiger partial charge in [0.2, 0.25) is 0 Å². The van der Waals surface area contributed by atoms with Crippen molar-refractivity contribution in [3.05, 3.63) is 24.3 Å². The average molecular weight is 428 g/mol. The topological polar surface area (TPSA) is 129 Å². The Morgan fingerprint density at radius 1 is 0.600 bits per heavy atom. The molecule has 2 N–H and O–H groups in total. The zero-order chi connectivity index (χ0) is 22.8.